The van der Waals surface area contributed by atoms with Crippen molar-refractivity contribution in [3.63, 3.8) is 0 Å². The van der Waals surface area contributed by atoms with Gasteiger partial charge in [0.15, 0.2) is 11.5 Å². The van der Waals surface area contributed by atoms with E-state index in [4.69, 9.17) is 9.47 Å². The Hall–Kier alpha value is -2.57. The first-order chi connectivity index (χ1) is 12.6. The molecule has 2 unspecified atom stereocenters. The van der Waals surface area contributed by atoms with E-state index in [1.54, 1.807) is 18.2 Å². The monoisotopic (exact) mass is 356 g/mol. The highest BCUT2D eigenvalue weighted by Gasteiger charge is 2.47. The summed E-state index contributed by atoms with van der Waals surface area (Å²) >= 11 is 0. The van der Waals surface area contributed by atoms with Crippen LogP contribution in [-0.2, 0) is 9.59 Å². The van der Waals surface area contributed by atoms with Crippen molar-refractivity contribution in [2.45, 2.75) is 56.7 Å². The third-order valence-corrected chi connectivity index (χ3v) is 6.02. The molecule has 3 saturated heterocycles. The van der Waals surface area contributed by atoms with Crippen LogP contribution in [0, 0.1) is 0 Å². The Morgan fingerprint density at radius 3 is 2.27 bits per heavy atom. The summed E-state index contributed by atoms with van der Waals surface area (Å²) < 4.78 is 10.7. The van der Waals surface area contributed by atoms with Crippen LogP contribution >= 0.6 is 0 Å². The van der Waals surface area contributed by atoms with Gasteiger partial charge in [0.25, 0.3) is 5.91 Å². The SMILES string of the molecule is O=C1CCC(=O)N1C1CC2CCC(C1)N2C(=O)c1ccc2c(c1)OCO2. The van der Waals surface area contributed by atoms with Crippen LogP contribution in [-0.4, -0.2) is 52.4 Å². The van der Waals surface area contributed by atoms with Crippen LogP contribution in [0.15, 0.2) is 18.2 Å². The van der Waals surface area contributed by atoms with E-state index in [9.17, 15) is 14.4 Å². The molecule has 26 heavy (non-hydrogen) atoms. The molecule has 0 saturated carbocycles. The molecule has 7 heteroatoms. The number of imide groups is 1. The van der Waals surface area contributed by atoms with E-state index in [0.717, 1.165) is 12.8 Å². The highest BCUT2D eigenvalue weighted by molar-refractivity contribution is 6.02. The molecule has 0 spiro atoms. The smallest absolute Gasteiger partial charge is 0.254 e. The second kappa shape index (κ2) is 5.72. The summed E-state index contributed by atoms with van der Waals surface area (Å²) in [6.07, 6.45) is 3.87. The van der Waals surface area contributed by atoms with Crippen LogP contribution in [0.1, 0.15) is 48.9 Å². The van der Waals surface area contributed by atoms with E-state index in [-0.39, 0.29) is 42.6 Å². The molecule has 3 amide bonds. The fourth-order valence-corrected chi connectivity index (χ4v) is 4.87. The number of piperidine rings is 1. The van der Waals surface area contributed by atoms with Crippen LogP contribution in [0.5, 0.6) is 11.5 Å². The van der Waals surface area contributed by atoms with Gasteiger partial charge in [-0.05, 0) is 43.9 Å². The number of hydrogen-bond acceptors (Lipinski definition) is 5. The zero-order valence-corrected chi connectivity index (χ0v) is 14.3. The van der Waals surface area contributed by atoms with Gasteiger partial charge in [-0.25, -0.2) is 0 Å². The van der Waals surface area contributed by atoms with Gasteiger partial charge in [-0.2, -0.15) is 0 Å². The first kappa shape index (κ1) is 15.7. The minimum atomic E-state index is -0.0602. The van der Waals surface area contributed by atoms with Gasteiger partial charge in [0.05, 0.1) is 0 Å². The Kier molecular flexibility index (Phi) is 3.45. The third-order valence-electron chi connectivity index (χ3n) is 6.02. The molecule has 4 aliphatic heterocycles. The van der Waals surface area contributed by atoms with Gasteiger partial charge in [0, 0.05) is 36.5 Å². The second-order valence-electron chi connectivity index (χ2n) is 7.45. The van der Waals surface area contributed by atoms with Crippen molar-refractivity contribution in [1.29, 1.82) is 0 Å². The number of benzene rings is 1. The molecule has 0 aliphatic carbocycles. The maximum Gasteiger partial charge on any atom is 0.254 e. The fraction of sp³-hybridized carbons (Fsp3) is 0.526. The number of fused-ring (bicyclic) bond motifs is 3. The van der Waals surface area contributed by atoms with Crippen LogP contribution in [0.2, 0.25) is 0 Å². The first-order valence-corrected chi connectivity index (χ1v) is 9.19. The van der Waals surface area contributed by atoms with Crippen molar-refractivity contribution in [2.75, 3.05) is 6.79 Å². The summed E-state index contributed by atoms with van der Waals surface area (Å²) in [6, 6.07) is 5.39. The molecule has 5 rings (SSSR count). The van der Waals surface area contributed by atoms with Gasteiger partial charge in [0.2, 0.25) is 18.6 Å². The van der Waals surface area contributed by atoms with E-state index in [1.807, 2.05) is 4.90 Å². The molecule has 4 aliphatic rings. The topological polar surface area (TPSA) is 76.2 Å². The van der Waals surface area contributed by atoms with E-state index in [2.05, 4.69) is 0 Å². The van der Waals surface area contributed by atoms with E-state index < -0.39 is 0 Å². The van der Waals surface area contributed by atoms with Gasteiger partial charge >= 0.3 is 0 Å². The number of ether oxygens (including phenoxy) is 2. The molecule has 0 radical (unpaired) electrons. The summed E-state index contributed by atoms with van der Waals surface area (Å²) in [7, 11) is 0. The maximum atomic E-state index is 13.1. The van der Waals surface area contributed by atoms with Gasteiger partial charge in [0.1, 0.15) is 0 Å². The number of nitrogens with zero attached hydrogens (tertiary/aromatic N) is 2. The minimum Gasteiger partial charge on any atom is -0.454 e. The molecule has 0 N–H and O–H groups in total. The average molecular weight is 356 g/mol. The van der Waals surface area contributed by atoms with Crippen LogP contribution in [0.3, 0.4) is 0 Å². The molecule has 3 fully saturated rings. The highest BCUT2D eigenvalue weighted by atomic mass is 16.7. The Morgan fingerprint density at radius 1 is 0.923 bits per heavy atom. The fourth-order valence-electron chi connectivity index (χ4n) is 4.87. The molecular formula is C19H20N2O5. The summed E-state index contributed by atoms with van der Waals surface area (Å²) in [5, 5.41) is 0. The van der Waals surface area contributed by atoms with Crippen molar-refractivity contribution in [3.05, 3.63) is 23.8 Å². The Balaban J connectivity index is 1.36. The number of rotatable bonds is 2. The predicted octanol–water partition coefficient (Wildman–Crippen LogP) is 1.70. The number of hydrogen-bond donors (Lipinski definition) is 0. The third kappa shape index (κ3) is 2.29. The minimum absolute atomic E-state index is 0.00618. The lowest BCUT2D eigenvalue weighted by Crippen LogP contribution is -2.53. The Labute approximate surface area is 150 Å². The molecular weight excluding hydrogens is 336 g/mol. The summed E-state index contributed by atoms with van der Waals surface area (Å²) in [5.41, 5.74) is 0.595. The number of amides is 3. The lowest BCUT2D eigenvalue weighted by Gasteiger charge is -2.41. The first-order valence-electron chi connectivity index (χ1n) is 9.19. The molecule has 0 aromatic heterocycles. The van der Waals surface area contributed by atoms with Gasteiger partial charge in [-0.15, -0.1) is 0 Å². The summed E-state index contributed by atoms with van der Waals surface area (Å²) in [5.74, 6) is 1.14. The molecule has 1 aromatic rings. The zero-order chi connectivity index (χ0) is 17.8. The number of carbonyl (C=O) groups excluding carboxylic acids is 3. The highest BCUT2D eigenvalue weighted by Crippen LogP contribution is 2.40. The molecule has 2 atom stereocenters. The normalized spacial score (nSPS) is 29.6. The second-order valence-corrected chi connectivity index (χ2v) is 7.45. The van der Waals surface area contributed by atoms with Crippen molar-refractivity contribution >= 4 is 17.7 Å². The standard InChI is InChI=1S/C19H20N2O5/c22-17-5-6-18(23)21(17)14-8-12-2-3-13(9-14)20(12)19(24)11-1-4-15-16(7-11)26-10-25-15/h1,4,7,12-14H,2-3,5-6,8-10H2. The predicted molar refractivity (Wildman–Crippen MR) is 89.7 cm³/mol. The lowest BCUT2D eigenvalue weighted by molar-refractivity contribution is -0.142. The number of carbonyl (C=O) groups is 3. The van der Waals surface area contributed by atoms with E-state index in [0.29, 0.717) is 42.7 Å². The molecule has 136 valence electrons. The van der Waals surface area contributed by atoms with Crippen molar-refractivity contribution < 1.29 is 23.9 Å². The van der Waals surface area contributed by atoms with Gasteiger partial charge < -0.3 is 14.4 Å². The maximum absolute atomic E-state index is 13.1. The van der Waals surface area contributed by atoms with Crippen molar-refractivity contribution in [1.82, 2.24) is 9.80 Å². The van der Waals surface area contributed by atoms with Crippen LogP contribution < -0.4 is 9.47 Å². The van der Waals surface area contributed by atoms with Crippen LogP contribution in [0.4, 0.5) is 0 Å². The molecule has 4 heterocycles. The molecule has 1 aromatic carbocycles. The van der Waals surface area contributed by atoms with E-state index in [1.165, 1.54) is 4.90 Å². The Morgan fingerprint density at radius 2 is 1.58 bits per heavy atom. The Bertz CT molecular complexity index is 777. The summed E-state index contributed by atoms with van der Waals surface area (Å²) in [6.45, 7) is 0.182. The van der Waals surface area contributed by atoms with Crippen molar-refractivity contribution in [3.8, 4) is 11.5 Å². The molecule has 7 nitrogen and oxygen atoms in total. The van der Waals surface area contributed by atoms with Crippen LogP contribution in [0.25, 0.3) is 0 Å². The van der Waals surface area contributed by atoms with Gasteiger partial charge in [-0.1, -0.05) is 0 Å². The quantitative estimate of drug-likeness (QED) is 0.754. The average Bonchev–Trinajstić information content (AvgIpc) is 3.30. The summed E-state index contributed by atoms with van der Waals surface area (Å²) in [4.78, 5) is 40.6. The van der Waals surface area contributed by atoms with Gasteiger partial charge in [-0.3, -0.25) is 19.3 Å². The van der Waals surface area contributed by atoms with Crippen molar-refractivity contribution in [2.24, 2.45) is 0 Å². The van der Waals surface area contributed by atoms with E-state index >= 15 is 0 Å². The molecule has 2 bridgehead atoms. The zero-order valence-electron chi connectivity index (χ0n) is 14.3. The number of likely N-dealkylation sites (tertiary alicyclic amines) is 1. The lowest BCUT2D eigenvalue weighted by atomic mass is 9.95. The largest absolute Gasteiger partial charge is 0.454 e.